The Balaban J connectivity index is 0.000000810. The van der Waals surface area contributed by atoms with Crippen LogP contribution in [-0.2, 0) is 0 Å². The molecule has 0 saturated heterocycles. The maximum atomic E-state index is 8.55. The van der Waals surface area contributed by atoms with Gasteiger partial charge in [0.1, 0.15) is 0 Å². The smallest absolute Gasteiger partial charge is 0.0655 e. The second-order valence-electron chi connectivity index (χ2n) is 2.96. The molecule has 0 aliphatic heterocycles. The Labute approximate surface area is 68.8 Å². The number of hydrogen-bond donors (Lipinski definition) is 0. The molecule has 1 rings (SSSR count). The van der Waals surface area contributed by atoms with E-state index in [-0.39, 0.29) is 12.4 Å². The predicted octanol–water partition coefficient (Wildman–Crippen LogP) is 2.76. The van der Waals surface area contributed by atoms with Gasteiger partial charge in [-0.15, -0.1) is 12.4 Å². The van der Waals surface area contributed by atoms with Crippen LogP contribution < -0.4 is 0 Å². The first kappa shape index (κ1) is 9.78. The van der Waals surface area contributed by atoms with Crippen LogP contribution in [0.5, 0.6) is 0 Å². The fourth-order valence-electron chi connectivity index (χ4n) is 1.56. The van der Waals surface area contributed by atoms with Crippen molar-refractivity contribution < 1.29 is 0 Å². The molecule has 0 aromatic rings. The molecule has 0 radical (unpaired) electrons. The van der Waals surface area contributed by atoms with Gasteiger partial charge in [-0.25, -0.2) is 0 Å². The summed E-state index contributed by atoms with van der Waals surface area (Å²) in [6.07, 6.45) is 5.26. The van der Waals surface area contributed by atoms with E-state index in [1.165, 1.54) is 25.7 Å². The van der Waals surface area contributed by atoms with Gasteiger partial charge >= 0.3 is 0 Å². The van der Waals surface area contributed by atoms with Gasteiger partial charge in [-0.3, -0.25) is 0 Å². The van der Waals surface area contributed by atoms with Crippen molar-refractivity contribution in [3.8, 4) is 6.07 Å². The molecule has 10 heavy (non-hydrogen) atoms. The molecule has 1 saturated carbocycles. The molecule has 1 aliphatic carbocycles. The van der Waals surface area contributed by atoms with Gasteiger partial charge in [0.05, 0.1) is 6.07 Å². The summed E-state index contributed by atoms with van der Waals surface area (Å²) in [4.78, 5) is 0. The van der Waals surface area contributed by atoms with Crippen molar-refractivity contribution in [3.63, 3.8) is 0 Å². The molecule has 0 N–H and O–H groups in total. The monoisotopic (exact) mass is 159 g/mol. The van der Waals surface area contributed by atoms with E-state index >= 15 is 0 Å². The average Bonchev–Trinajstić information content (AvgIpc) is 2.37. The lowest BCUT2D eigenvalue weighted by Crippen LogP contribution is -2.03. The lowest BCUT2D eigenvalue weighted by atomic mass is 9.94. The highest BCUT2D eigenvalue weighted by Crippen LogP contribution is 2.30. The molecular formula is C8H14ClN. The first-order valence-corrected chi connectivity index (χ1v) is 3.74. The van der Waals surface area contributed by atoms with Gasteiger partial charge in [-0.2, -0.15) is 5.26 Å². The number of hydrogen-bond acceptors (Lipinski definition) is 1. The first-order chi connectivity index (χ1) is 4.34. The SMILES string of the molecule is CC(C#N)C1CCCC1.Cl. The molecule has 1 aliphatic rings. The predicted molar refractivity (Wildman–Crippen MR) is 44.0 cm³/mol. The molecular weight excluding hydrogens is 146 g/mol. The number of rotatable bonds is 1. The van der Waals surface area contributed by atoms with E-state index in [0.717, 1.165) is 5.92 Å². The fraction of sp³-hybridized carbons (Fsp3) is 0.875. The van der Waals surface area contributed by atoms with Crippen LogP contribution in [-0.4, -0.2) is 0 Å². The van der Waals surface area contributed by atoms with Gasteiger partial charge < -0.3 is 0 Å². The topological polar surface area (TPSA) is 23.8 Å². The molecule has 1 fully saturated rings. The third-order valence-electron chi connectivity index (χ3n) is 2.31. The van der Waals surface area contributed by atoms with Crippen molar-refractivity contribution >= 4 is 12.4 Å². The average molecular weight is 160 g/mol. The fourth-order valence-corrected chi connectivity index (χ4v) is 1.56. The molecule has 0 aromatic heterocycles. The standard InChI is InChI=1S/C8H13N.ClH/c1-7(6-9)8-4-2-3-5-8;/h7-8H,2-5H2,1H3;1H. The van der Waals surface area contributed by atoms with E-state index in [1.54, 1.807) is 0 Å². The summed E-state index contributed by atoms with van der Waals surface area (Å²) in [5.74, 6) is 1.02. The summed E-state index contributed by atoms with van der Waals surface area (Å²) in [5, 5.41) is 8.55. The van der Waals surface area contributed by atoms with Crippen LogP contribution in [0.1, 0.15) is 32.6 Å². The molecule has 0 aromatic carbocycles. The maximum Gasteiger partial charge on any atom is 0.0655 e. The second kappa shape index (κ2) is 4.57. The second-order valence-corrected chi connectivity index (χ2v) is 2.96. The largest absolute Gasteiger partial charge is 0.198 e. The molecule has 0 heterocycles. The van der Waals surface area contributed by atoms with E-state index in [4.69, 9.17) is 5.26 Å². The van der Waals surface area contributed by atoms with Gasteiger partial charge in [0.25, 0.3) is 0 Å². The minimum absolute atomic E-state index is 0. The maximum absolute atomic E-state index is 8.55. The van der Waals surface area contributed by atoms with Crippen LogP contribution in [0.15, 0.2) is 0 Å². The van der Waals surface area contributed by atoms with Crippen molar-refractivity contribution in [2.45, 2.75) is 32.6 Å². The number of halogens is 1. The van der Waals surface area contributed by atoms with E-state index in [9.17, 15) is 0 Å². The zero-order valence-electron chi connectivity index (χ0n) is 6.34. The van der Waals surface area contributed by atoms with Crippen LogP contribution in [0.25, 0.3) is 0 Å². The van der Waals surface area contributed by atoms with E-state index in [0.29, 0.717) is 5.92 Å². The minimum Gasteiger partial charge on any atom is -0.198 e. The Morgan fingerprint density at radius 2 is 1.90 bits per heavy atom. The van der Waals surface area contributed by atoms with Crippen molar-refractivity contribution in [1.29, 1.82) is 5.26 Å². The van der Waals surface area contributed by atoms with Crippen LogP contribution in [0.4, 0.5) is 0 Å². The first-order valence-electron chi connectivity index (χ1n) is 3.74. The van der Waals surface area contributed by atoms with Gasteiger partial charge in [0, 0.05) is 5.92 Å². The highest BCUT2D eigenvalue weighted by atomic mass is 35.5. The van der Waals surface area contributed by atoms with Gasteiger partial charge in [0.2, 0.25) is 0 Å². The minimum atomic E-state index is 0. The summed E-state index contributed by atoms with van der Waals surface area (Å²) in [6.45, 7) is 2.04. The zero-order valence-corrected chi connectivity index (χ0v) is 7.16. The van der Waals surface area contributed by atoms with E-state index < -0.39 is 0 Å². The normalized spacial score (nSPS) is 21.2. The third kappa shape index (κ3) is 2.19. The van der Waals surface area contributed by atoms with E-state index in [1.807, 2.05) is 6.92 Å². The van der Waals surface area contributed by atoms with Crippen LogP contribution >= 0.6 is 12.4 Å². The molecule has 1 nitrogen and oxygen atoms in total. The summed E-state index contributed by atoms with van der Waals surface area (Å²) in [6, 6.07) is 2.31. The van der Waals surface area contributed by atoms with Crippen LogP contribution in [0, 0.1) is 23.2 Å². The number of nitrogens with zero attached hydrogens (tertiary/aromatic N) is 1. The van der Waals surface area contributed by atoms with E-state index in [2.05, 4.69) is 6.07 Å². The Morgan fingerprint density at radius 3 is 2.30 bits per heavy atom. The number of nitriles is 1. The molecule has 1 atom stereocenters. The molecule has 2 heteroatoms. The zero-order chi connectivity index (χ0) is 6.69. The Morgan fingerprint density at radius 1 is 1.40 bits per heavy atom. The molecule has 1 unspecified atom stereocenters. The van der Waals surface area contributed by atoms with Gasteiger partial charge in [-0.05, 0) is 25.7 Å². The lowest BCUT2D eigenvalue weighted by molar-refractivity contribution is 0.443. The highest BCUT2D eigenvalue weighted by molar-refractivity contribution is 5.85. The summed E-state index contributed by atoms with van der Waals surface area (Å²) in [5.41, 5.74) is 0. The Bertz CT molecular complexity index is 122. The molecule has 0 amide bonds. The molecule has 0 spiro atoms. The van der Waals surface area contributed by atoms with Crippen molar-refractivity contribution in [1.82, 2.24) is 0 Å². The quantitative estimate of drug-likeness (QED) is 0.577. The summed E-state index contributed by atoms with van der Waals surface area (Å²) >= 11 is 0. The summed E-state index contributed by atoms with van der Waals surface area (Å²) < 4.78 is 0. The van der Waals surface area contributed by atoms with Crippen LogP contribution in [0.2, 0.25) is 0 Å². The van der Waals surface area contributed by atoms with Crippen molar-refractivity contribution in [2.24, 2.45) is 11.8 Å². The Kier molecular flexibility index (Phi) is 4.47. The molecule has 0 bridgehead atoms. The Hall–Kier alpha value is -0.220. The third-order valence-corrected chi connectivity index (χ3v) is 2.31. The van der Waals surface area contributed by atoms with Gasteiger partial charge in [-0.1, -0.05) is 12.8 Å². The van der Waals surface area contributed by atoms with Gasteiger partial charge in [0.15, 0.2) is 0 Å². The highest BCUT2D eigenvalue weighted by Gasteiger charge is 2.20. The van der Waals surface area contributed by atoms with Crippen molar-refractivity contribution in [3.05, 3.63) is 0 Å². The summed E-state index contributed by atoms with van der Waals surface area (Å²) in [7, 11) is 0. The van der Waals surface area contributed by atoms with Crippen molar-refractivity contribution in [2.75, 3.05) is 0 Å². The molecule has 58 valence electrons. The van der Waals surface area contributed by atoms with Crippen LogP contribution in [0.3, 0.4) is 0 Å². The lowest BCUT2D eigenvalue weighted by Gasteiger charge is -2.08.